The molecule has 13 nitrogen and oxygen atoms in total. The Kier molecular flexibility index (Phi) is 9.87. The van der Waals surface area contributed by atoms with Gasteiger partial charge in [0.1, 0.15) is 17.6 Å². The first-order valence-corrected chi connectivity index (χ1v) is 18.9. The minimum Gasteiger partial charge on any atom is -0.351 e. The van der Waals surface area contributed by atoms with Crippen molar-refractivity contribution >= 4 is 40.3 Å². The molecule has 5 aromatic rings. The summed E-state index contributed by atoms with van der Waals surface area (Å²) in [5.74, 6) is 6.09. The van der Waals surface area contributed by atoms with Crippen molar-refractivity contribution in [3.8, 4) is 34.4 Å². The van der Waals surface area contributed by atoms with Gasteiger partial charge >= 0.3 is 0 Å². The minimum absolute atomic E-state index is 0.0563. The fraction of sp³-hybridized carbons (Fsp3) is 0.302. The lowest BCUT2D eigenvalue weighted by Gasteiger charge is -2.29. The summed E-state index contributed by atoms with van der Waals surface area (Å²) >= 11 is 0. The van der Waals surface area contributed by atoms with E-state index < -0.39 is 11.9 Å². The molecule has 282 valence electrons. The summed E-state index contributed by atoms with van der Waals surface area (Å²) in [5.41, 5.74) is 6.74. The number of imidazole rings is 1. The number of imide groups is 1. The Morgan fingerprint density at radius 2 is 1.82 bits per heavy atom. The smallest absolute Gasteiger partial charge is 0.269 e. The summed E-state index contributed by atoms with van der Waals surface area (Å²) in [6, 6.07) is 16.3. The van der Waals surface area contributed by atoms with Crippen LogP contribution in [0.1, 0.15) is 83.0 Å². The molecule has 1 saturated heterocycles. The molecule has 13 heteroatoms. The van der Waals surface area contributed by atoms with Crippen LogP contribution in [0, 0.1) is 11.8 Å². The Morgan fingerprint density at radius 1 is 0.982 bits per heavy atom. The molecule has 5 amide bonds. The van der Waals surface area contributed by atoms with Crippen molar-refractivity contribution in [3.63, 3.8) is 0 Å². The van der Waals surface area contributed by atoms with Gasteiger partial charge in [-0.3, -0.25) is 39.3 Å². The lowest BCUT2D eigenvalue weighted by atomic mass is 10.0. The van der Waals surface area contributed by atoms with Gasteiger partial charge in [0.15, 0.2) is 0 Å². The van der Waals surface area contributed by atoms with Gasteiger partial charge < -0.3 is 19.7 Å². The zero-order chi connectivity index (χ0) is 38.9. The number of rotatable bonds is 8. The van der Waals surface area contributed by atoms with Crippen molar-refractivity contribution in [2.45, 2.75) is 71.6 Å². The zero-order valence-electron chi connectivity index (χ0n) is 31.2. The van der Waals surface area contributed by atoms with Crippen LogP contribution in [0.5, 0.6) is 0 Å². The first kappa shape index (κ1) is 36.3. The van der Waals surface area contributed by atoms with Crippen LogP contribution in [0.2, 0.25) is 0 Å². The van der Waals surface area contributed by atoms with Gasteiger partial charge in [0, 0.05) is 92.4 Å². The van der Waals surface area contributed by atoms with Gasteiger partial charge in [-0.15, -0.1) is 0 Å². The lowest BCUT2D eigenvalue weighted by molar-refractivity contribution is -0.137. The SMILES string of the molecule is CCc1nc(-c2cccc3cc(-c4ccc(C(=O)NCCCC#Cc5cccc6c5CN(C5CCC(=O)NC5=O)C6=O)nc4)ncc23)c2n1CCN(C(C)=O)C2. The van der Waals surface area contributed by atoms with Crippen molar-refractivity contribution in [2.75, 3.05) is 13.1 Å². The molecule has 0 spiro atoms. The van der Waals surface area contributed by atoms with Crippen LogP contribution >= 0.6 is 0 Å². The summed E-state index contributed by atoms with van der Waals surface area (Å²) < 4.78 is 2.25. The molecule has 1 atom stereocenters. The fourth-order valence-corrected chi connectivity index (χ4v) is 7.74. The van der Waals surface area contributed by atoms with Crippen LogP contribution in [0.3, 0.4) is 0 Å². The van der Waals surface area contributed by atoms with Crippen molar-refractivity contribution in [2.24, 2.45) is 0 Å². The normalized spacial score (nSPS) is 16.2. The van der Waals surface area contributed by atoms with Gasteiger partial charge in [-0.05, 0) is 54.1 Å². The molecular formula is C43H40N8O5. The van der Waals surface area contributed by atoms with Gasteiger partial charge in [0.25, 0.3) is 11.8 Å². The first-order chi connectivity index (χ1) is 27.2. The molecule has 56 heavy (non-hydrogen) atoms. The predicted octanol–water partition coefficient (Wildman–Crippen LogP) is 4.41. The standard InChI is InChI=1S/C43H40N8O5/c1-3-38-47-40(37-25-49(26(2)52)19-20-50(37)38)30-12-8-11-28-21-35(46-23-32(28)30)29-14-15-34(45-22-29)41(54)44-18-6-4-5-9-27-10-7-13-31-33(27)24-51(43(31)56)36-16-17-39(53)48-42(36)55/h7-8,10-15,21-23,36H,3-4,6,16-20,24-25H2,1-2H3,(H,44,54)(H,48,53,55). The summed E-state index contributed by atoms with van der Waals surface area (Å²) in [6.45, 7) is 6.31. The van der Waals surface area contributed by atoms with E-state index in [1.165, 1.54) is 4.90 Å². The van der Waals surface area contributed by atoms with E-state index in [1.54, 1.807) is 31.3 Å². The first-order valence-electron chi connectivity index (χ1n) is 18.9. The Balaban J connectivity index is 0.879. The number of fused-ring (bicyclic) bond motifs is 3. The average molecular weight is 749 g/mol. The number of piperidine rings is 1. The number of hydrogen-bond donors (Lipinski definition) is 2. The molecule has 3 aromatic heterocycles. The Morgan fingerprint density at radius 3 is 2.61 bits per heavy atom. The second-order valence-electron chi connectivity index (χ2n) is 14.2. The maximum absolute atomic E-state index is 13.1. The van der Waals surface area contributed by atoms with Crippen molar-refractivity contribution in [1.82, 2.24) is 40.0 Å². The molecule has 1 unspecified atom stereocenters. The molecular weight excluding hydrogens is 709 g/mol. The van der Waals surface area contributed by atoms with Crippen LogP contribution in [0.15, 0.2) is 67.0 Å². The molecule has 8 rings (SSSR count). The lowest BCUT2D eigenvalue weighted by Crippen LogP contribution is -2.52. The fourth-order valence-electron chi connectivity index (χ4n) is 7.74. The maximum atomic E-state index is 13.1. The van der Waals surface area contributed by atoms with Gasteiger partial charge in [-0.2, -0.15) is 0 Å². The number of pyridine rings is 2. The Labute approximate surface area is 323 Å². The van der Waals surface area contributed by atoms with Gasteiger partial charge in [-0.1, -0.05) is 43.0 Å². The molecule has 2 N–H and O–H groups in total. The summed E-state index contributed by atoms with van der Waals surface area (Å²) in [4.78, 5) is 79.8. The van der Waals surface area contributed by atoms with Crippen LogP contribution in [0.4, 0.5) is 0 Å². The molecule has 3 aliphatic heterocycles. The summed E-state index contributed by atoms with van der Waals surface area (Å²) in [6.07, 6.45) is 5.95. The molecule has 1 fully saturated rings. The van der Waals surface area contributed by atoms with E-state index in [4.69, 9.17) is 9.97 Å². The third-order valence-corrected chi connectivity index (χ3v) is 10.7. The van der Waals surface area contributed by atoms with Crippen LogP contribution in [0.25, 0.3) is 33.3 Å². The van der Waals surface area contributed by atoms with E-state index in [1.807, 2.05) is 41.4 Å². The van der Waals surface area contributed by atoms with Crippen LogP contribution in [-0.2, 0) is 40.4 Å². The quantitative estimate of drug-likeness (QED) is 0.134. The highest BCUT2D eigenvalue weighted by molar-refractivity contribution is 6.05. The number of benzene rings is 2. The van der Waals surface area contributed by atoms with Crippen LogP contribution in [-0.4, -0.2) is 78.0 Å². The van der Waals surface area contributed by atoms with Crippen molar-refractivity contribution in [1.29, 1.82) is 0 Å². The predicted molar refractivity (Wildman–Crippen MR) is 208 cm³/mol. The van der Waals surface area contributed by atoms with E-state index >= 15 is 0 Å². The molecule has 0 bridgehead atoms. The third kappa shape index (κ3) is 6.90. The molecule has 0 saturated carbocycles. The molecule has 6 heterocycles. The number of nitrogens with zero attached hydrogens (tertiary/aromatic N) is 6. The highest BCUT2D eigenvalue weighted by Crippen LogP contribution is 2.35. The Bertz CT molecular complexity index is 2500. The van der Waals surface area contributed by atoms with E-state index in [-0.39, 0.29) is 36.6 Å². The van der Waals surface area contributed by atoms with E-state index in [0.29, 0.717) is 50.2 Å². The maximum Gasteiger partial charge on any atom is 0.269 e. The third-order valence-electron chi connectivity index (χ3n) is 10.7. The summed E-state index contributed by atoms with van der Waals surface area (Å²) in [5, 5.41) is 7.20. The molecule has 2 aromatic carbocycles. The number of nitrogens with one attached hydrogen (secondary N) is 2. The number of aryl methyl sites for hydroxylation is 1. The topological polar surface area (TPSA) is 159 Å². The minimum atomic E-state index is -0.677. The van der Waals surface area contributed by atoms with Gasteiger partial charge in [0.05, 0.1) is 23.6 Å². The second kappa shape index (κ2) is 15.2. The van der Waals surface area contributed by atoms with E-state index in [2.05, 4.69) is 45.0 Å². The van der Waals surface area contributed by atoms with Gasteiger partial charge in [-0.25, -0.2) is 4.98 Å². The highest BCUT2D eigenvalue weighted by atomic mass is 16.2. The second-order valence-corrected chi connectivity index (χ2v) is 14.2. The largest absolute Gasteiger partial charge is 0.351 e. The highest BCUT2D eigenvalue weighted by Gasteiger charge is 2.39. The number of unbranched alkanes of at least 4 members (excludes halogenated alkanes) is 1. The average Bonchev–Trinajstić information content (AvgIpc) is 3.75. The van der Waals surface area contributed by atoms with Crippen molar-refractivity contribution in [3.05, 3.63) is 101 Å². The number of carbonyl (C=O) groups excluding carboxylic acids is 5. The zero-order valence-corrected chi connectivity index (χ0v) is 31.2. The number of hydrogen-bond acceptors (Lipinski definition) is 8. The molecule has 0 radical (unpaired) electrons. The number of carbonyl (C=O) groups is 5. The van der Waals surface area contributed by atoms with E-state index in [0.717, 1.165) is 68.9 Å². The van der Waals surface area contributed by atoms with Crippen molar-refractivity contribution < 1.29 is 24.0 Å². The van der Waals surface area contributed by atoms with Crippen LogP contribution < -0.4 is 10.6 Å². The summed E-state index contributed by atoms with van der Waals surface area (Å²) in [7, 11) is 0. The molecule has 3 aliphatic rings. The Hall–Kier alpha value is -6.68. The monoisotopic (exact) mass is 748 g/mol. The van der Waals surface area contributed by atoms with E-state index in [9.17, 15) is 24.0 Å². The molecule has 0 aliphatic carbocycles. The number of amides is 5. The van der Waals surface area contributed by atoms with Gasteiger partial charge in [0.2, 0.25) is 17.7 Å². The number of aromatic nitrogens is 4.